The molecule has 230 valence electrons. The minimum absolute atomic E-state index is 0.00824. The number of rotatable bonds is 16. The van der Waals surface area contributed by atoms with Crippen molar-refractivity contribution in [1.29, 1.82) is 0 Å². The number of hydrogen-bond acceptors (Lipinski definition) is 10. The molecule has 0 radical (unpaired) electrons. The average molecular weight is 606 g/mol. The highest BCUT2D eigenvalue weighted by Gasteiger charge is 2.25. The lowest BCUT2D eigenvalue weighted by molar-refractivity contribution is -0.140. The standard InChI is InChI=1S/C29H31N7O8/c30-23(29(43)44)14-18(17-37)2-1-3-24(38)31-15-25(39)32-19-4-8-21(9-5-19)34-35-22-10-6-20(7-11-22)33-26(40)16-36-27(41)12-13-28(36)42/h4-13,17-18,23H,1-3,14-16,30H2,(H,31,38)(H,32,39)(H,33,40)(H,43,44)/b35-34+/t18-,23+/m1/s1. The molecule has 1 aliphatic heterocycles. The van der Waals surface area contributed by atoms with Gasteiger partial charge in [-0.15, -0.1) is 0 Å². The number of benzene rings is 2. The predicted octanol–water partition coefficient (Wildman–Crippen LogP) is 1.81. The molecule has 2 aromatic rings. The van der Waals surface area contributed by atoms with Crippen LogP contribution in [0.1, 0.15) is 25.7 Å². The van der Waals surface area contributed by atoms with Crippen LogP contribution in [-0.2, 0) is 33.6 Å². The number of aliphatic carboxylic acids is 1. The van der Waals surface area contributed by atoms with Crippen LogP contribution in [0.25, 0.3) is 0 Å². The van der Waals surface area contributed by atoms with Crippen LogP contribution in [0.5, 0.6) is 0 Å². The molecule has 2 atom stereocenters. The van der Waals surface area contributed by atoms with Crippen LogP contribution in [0.4, 0.5) is 22.7 Å². The number of nitrogens with two attached hydrogens (primary N) is 1. The van der Waals surface area contributed by atoms with Crippen molar-refractivity contribution in [1.82, 2.24) is 10.2 Å². The molecule has 6 N–H and O–H groups in total. The van der Waals surface area contributed by atoms with Gasteiger partial charge in [0.15, 0.2) is 0 Å². The molecule has 2 aromatic carbocycles. The number of hydrogen-bond donors (Lipinski definition) is 5. The molecule has 5 amide bonds. The number of nitrogens with one attached hydrogen (secondary N) is 3. The molecule has 1 aliphatic rings. The molecule has 0 aromatic heterocycles. The van der Waals surface area contributed by atoms with Crippen molar-refractivity contribution in [2.75, 3.05) is 23.7 Å². The third-order valence-corrected chi connectivity index (χ3v) is 6.28. The van der Waals surface area contributed by atoms with E-state index in [1.807, 2.05) is 0 Å². The maximum absolute atomic E-state index is 12.2. The van der Waals surface area contributed by atoms with Crippen LogP contribution in [0.15, 0.2) is 70.9 Å². The van der Waals surface area contributed by atoms with Gasteiger partial charge in [-0.3, -0.25) is 33.7 Å². The van der Waals surface area contributed by atoms with Gasteiger partial charge in [-0.2, -0.15) is 10.2 Å². The van der Waals surface area contributed by atoms with Crippen molar-refractivity contribution >= 4 is 64.5 Å². The van der Waals surface area contributed by atoms with Gasteiger partial charge in [0.2, 0.25) is 17.7 Å². The van der Waals surface area contributed by atoms with Crippen molar-refractivity contribution in [3.05, 3.63) is 60.7 Å². The monoisotopic (exact) mass is 605 g/mol. The van der Waals surface area contributed by atoms with Crippen molar-refractivity contribution in [3.63, 3.8) is 0 Å². The quantitative estimate of drug-likeness (QED) is 0.107. The number of anilines is 2. The molecule has 15 heteroatoms. The fourth-order valence-electron chi connectivity index (χ4n) is 3.94. The first kappa shape index (κ1) is 32.9. The van der Waals surface area contributed by atoms with Crippen molar-refractivity contribution in [3.8, 4) is 0 Å². The normalized spacial score (nSPS) is 13.9. The van der Waals surface area contributed by atoms with Gasteiger partial charge in [0.25, 0.3) is 11.8 Å². The number of amides is 5. The largest absolute Gasteiger partial charge is 0.480 e. The molecule has 0 saturated heterocycles. The van der Waals surface area contributed by atoms with E-state index < -0.39 is 48.1 Å². The highest BCUT2D eigenvalue weighted by molar-refractivity contribution is 6.15. The van der Waals surface area contributed by atoms with Crippen LogP contribution >= 0.6 is 0 Å². The van der Waals surface area contributed by atoms with Crippen LogP contribution in [0.2, 0.25) is 0 Å². The summed E-state index contributed by atoms with van der Waals surface area (Å²) in [6.45, 7) is -0.653. The Morgan fingerprint density at radius 3 is 1.86 bits per heavy atom. The van der Waals surface area contributed by atoms with Gasteiger partial charge in [0.05, 0.1) is 17.9 Å². The summed E-state index contributed by atoms with van der Waals surface area (Å²) in [4.78, 5) is 82.2. The Balaban J connectivity index is 1.37. The Bertz CT molecular complexity index is 1440. The van der Waals surface area contributed by atoms with E-state index in [-0.39, 0.29) is 25.3 Å². The molecular weight excluding hydrogens is 574 g/mol. The van der Waals surface area contributed by atoms with E-state index in [4.69, 9.17) is 10.8 Å². The Morgan fingerprint density at radius 2 is 1.36 bits per heavy atom. The SMILES string of the molecule is N[C@@H](C[C@H](C=O)CCCC(=O)NCC(=O)Nc1ccc(/N=N/c2ccc(NC(=O)CN3C(=O)C=CC3=O)cc2)cc1)C(=O)O. The molecule has 44 heavy (non-hydrogen) atoms. The number of carbonyl (C=O) groups is 7. The molecule has 1 heterocycles. The second-order valence-corrected chi connectivity index (χ2v) is 9.73. The summed E-state index contributed by atoms with van der Waals surface area (Å²) in [5.74, 6) is -4.20. The number of azo groups is 1. The van der Waals surface area contributed by atoms with E-state index in [9.17, 15) is 33.6 Å². The molecular formula is C29H31N7O8. The minimum atomic E-state index is -1.19. The topological polar surface area (TPSA) is 230 Å². The van der Waals surface area contributed by atoms with Crippen molar-refractivity contribution in [2.45, 2.75) is 31.7 Å². The Morgan fingerprint density at radius 1 is 0.841 bits per heavy atom. The smallest absolute Gasteiger partial charge is 0.320 e. The molecule has 0 fully saturated rings. The maximum atomic E-state index is 12.2. The van der Waals surface area contributed by atoms with Crippen LogP contribution in [0, 0.1) is 5.92 Å². The number of carboxylic acid groups (broad SMARTS) is 1. The third-order valence-electron chi connectivity index (χ3n) is 6.28. The number of aldehydes is 1. The number of imide groups is 1. The second-order valence-electron chi connectivity index (χ2n) is 9.73. The third kappa shape index (κ3) is 10.7. The fourth-order valence-corrected chi connectivity index (χ4v) is 3.94. The zero-order chi connectivity index (χ0) is 32.1. The van der Waals surface area contributed by atoms with Gasteiger partial charge < -0.3 is 31.6 Å². The zero-order valence-corrected chi connectivity index (χ0v) is 23.5. The van der Waals surface area contributed by atoms with E-state index in [0.717, 1.165) is 17.1 Å². The van der Waals surface area contributed by atoms with Crippen LogP contribution in [0.3, 0.4) is 0 Å². The molecule has 0 unspecified atom stereocenters. The fraction of sp³-hybridized carbons (Fsp3) is 0.276. The Kier molecular flexibility index (Phi) is 12.1. The summed E-state index contributed by atoms with van der Waals surface area (Å²) in [7, 11) is 0. The molecule has 0 aliphatic carbocycles. The van der Waals surface area contributed by atoms with E-state index >= 15 is 0 Å². The lowest BCUT2D eigenvalue weighted by atomic mass is 9.96. The summed E-state index contributed by atoms with van der Waals surface area (Å²) in [5, 5.41) is 24.8. The lowest BCUT2D eigenvalue weighted by Crippen LogP contribution is -2.37. The van der Waals surface area contributed by atoms with Crippen LogP contribution < -0.4 is 21.7 Å². The first-order valence-electron chi connectivity index (χ1n) is 13.5. The number of nitrogens with zero attached hydrogens (tertiary/aromatic N) is 3. The molecule has 15 nitrogen and oxygen atoms in total. The average Bonchev–Trinajstić information content (AvgIpc) is 3.31. The summed E-state index contributed by atoms with van der Waals surface area (Å²) >= 11 is 0. The van der Waals surface area contributed by atoms with Gasteiger partial charge in [0, 0.05) is 35.9 Å². The summed E-state index contributed by atoms with van der Waals surface area (Å²) < 4.78 is 0. The van der Waals surface area contributed by atoms with E-state index in [1.54, 1.807) is 48.5 Å². The van der Waals surface area contributed by atoms with Crippen molar-refractivity contribution < 1.29 is 38.7 Å². The summed E-state index contributed by atoms with van der Waals surface area (Å²) in [5.41, 5.74) is 7.35. The zero-order valence-electron chi connectivity index (χ0n) is 23.5. The molecule has 0 saturated carbocycles. The predicted molar refractivity (Wildman–Crippen MR) is 157 cm³/mol. The van der Waals surface area contributed by atoms with Crippen LogP contribution in [-0.4, -0.2) is 70.9 Å². The molecule has 0 bridgehead atoms. The van der Waals surface area contributed by atoms with Gasteiger partial charge in [-0.05, 0) is 67.8 Å². The Labute approximate surface area is 251 Å². The maximum Gasteiger partial charge on any atom is 0.320 e. The van der Waals surface area contributed by atoms with Gasteiger partial charge in [-0.1, -0.05) is 0 Å². The first-order valence-corrected chi connectivity index (χ1v) is 13.5. The lowest BCUT2D eigenvalue weighted by Gasteiger charge is -2.13. The summed E-state index contributed by atoms with van der Waals surface area (Å²) in [6.07, 6.45) is 3.55. The highest BCUT2D eigenvalue weighted by Crippen LogP contribution is 2.22. The van der Waals surface area contributed by atoms with Gasteiger partial charge >= 0.3 is 5.97 Å². The van der Waals surface area contributed by atoms with E-state index in [0.29, 0.717) is 41.9 Å². The van der Waals surface area contributed by atoms with E-state index in [2.05, 4.69) is 26.2 Å². The van der Waals surface area contributed by atoms with Gasteiger partial charge in [0.1, 0.15) is 18.9 Å². The molecule has 3 rings (SSSR count). The van der Waals surface area contributed by atoms with Crippen molar-refractivity contribution in [2.24, 2.45) is 21.9 Å². The summed E-state index contributed by atoms with van der Waals surface area (Å²) in [6, 6.07) is 11.7. The first-order chi connectivity index (χ1) is 21.0. The second kappa shape index (κ2) is 16.2. The highest BCUT2D eigenvalue weighted by atomic mass is 16.4. The Hall–Kier alpha value is -5.57. The van der Waals surface area contributed by atoms with E-state index in [1.165, 1.54) is 0 Å². The number of carbonyl (C=O) groups excluding carboxylic acids is 6. The molecule has 0 spiro atoms. The van der Waals surface area contributed by atoms with Gasteiger partial charge in [-0.25, -0.2) is 0 Å². The number of carboxylic acids is 1. The minimum Gasteiger partial charge on any atom is -0.480 e.